The summed E-state index contributed by atoms with van der Waals surface area (Å²) in [7, 11) is 0. The Balaban J connectivity index is 1.19. The van der Waals surface area contributed by atoms with Gasteiger partial charge < -0.3 is 5.32 Å². The summed E-state index contributed by atoms with van der Waals surface area (Å²) in [6.45, 7) is 0. The van der Waals surface area contributed by atoms with E-state index in [2.05, 4.69) is 57.2 Å². The minimum absolute atomic E-state index is 0.133. The van der Waals surface area contributed by atoms with Gasteiger partial charge in [-0.05, 0) is 75.5 Å². The van der Waals surface area contributed by atoms with Crippen LogP contribution >= 0.6 is 11.8 Å². The van der Waals surface area contributed by atoms with Crippen molar-refractivity contribution in [2.45, 2.75) is 17.1 Å². The molecule has 5 aromatic rings. The first-order valence-corrected chi connectivity index (χ1v) is 12.3. The van der Waals surface area contributed by atoms with Crippen LogP contribution in [0.1, 0.15) is 27.3 Å². The second-order valence-electron chi connectivity index (χ2n) is 8.29. The first-order valence-electron chi connectivity index (χ1n) is 11.3. The van der Waals surface area contributed by atoms with Crippen molar-refractivity contribution in [1.29, 1.82) is 0 Å². The third-order valence-corrected chi connectivity index (χ3v) is 7.14. The number of amides is 1. The van der Waals surface area contributed by atoms with Crippen molar-refractivity contribution < 1.29 is 4.79 Å². The van der Waals surface area contributed by atoms with Crippen molar-refractivity contribution in [3.8, 4) is 16.8 Å². The number of anilines is 1. The smallest absolute Gasteiger partial charge is 0.256 e. The molecule has 1 aromatic heterocycles. The van der Waals surface area contributed by atoms with Crippen molar-refractivity contribution in [1.82, 2.24) is 20.2 Å². The first kappa shape index (κ1) is 21.3. The Bertz CT molecular complexity index is 1530. The highest BCUT2D eigenvalue weighted by atomic mass is 32.2. The number of nitrogens with zero attached hydrogens (tertiary/aromatic N) is 4. The van der Waals surface area contributed by atoms with E-state index in [0.717, 1.165) is 28.5 Å². The summed E-state index contributed by atoms with van der Waals surface area (Å²) < 4.78 is 1.72. The Kier molecular flexibility index (Phi) is 5.60. The van der Waals surface area contributed by atoms with Gasteiger partial charge in [0.05, 0.1) is 17.0 Å². The molecule has 0 aliphatic heterocycles. The number of hydrogen-bond donors (Lipinski definition) is 1. The van der Waals surface area contributed by atoms with Crippen molar-refractivity contribution in [3.05, 3.63) is 120 Å². The molecule has 1 heterocycles. The summed E-state index contributed by atoms with van der Waals surface area (Å²) in [5, 5.41) is 15.2. The number of nitrogens with one attached hydrogen (secondary N) is 1. The molecule has 1 amide bonds. The number of fused-ring (bicyclic) bond motifs is 3. The third kappa shape index (κ3) is 4.22. The molecule has 0 saturated carbocycles. The van der Waals surface area contributed by atoms with E-state index in [1.807, 2.05) is 60.7 Å². The molecule has 6 nitrogen and oxygen atoms in total. The van der Waals surface area contributed by atoms with Crippen LogP contribution in [0.3, 0.4) is 0 Å². The van der Waals surface area contributed by atoms with Gasteiger partial charge in [-0.25, -0.2) is 0 Å². The number of rotatable bonds is 6. The Morgan fingerprint density at radius 2 is 1.63 bits per heavy atom. The van der Waals surface area contributed by atoms with Gasteiger partial charge in [-0.3, -0.25) is 4.79 Å². The van der Waals surface area contributed by atoms with Gasteiger partial charge in [-0.15, -0.1) is 16.9 Å². The Hall–Kier alpha value is -4.23. The largest absolute Gasteiger partial charge is 0.322 e. The summed E-state index contributed by atoms with van der Waals surface area (Å²) in [4.78, 5) is 14.1. The SMILES string of the molecule is O=C(Nc1ccc2c(c1)Cc1ccccc1-2)c1ccccc1SCc1nnnn1-c1ccccc1. The van der Waals surface area contributed by atoms with E-state index in [9.17, 15) is 4.79 Å². The lowest BCUT2D eigenvalue weighted by Gasteiger charge is -2.11. The zero-order valence-corrected chi connectivity index (χ0v) is 19.6. The number of thioether (sulfide) groups is 1. The van der Waals surface area contributed by atoms with Crippen LogP contribution in [-0.2, 0) is 12.2 Å². The van der Waals surface area contributed by atoms with Crippen LogP contribution in [-0.4, -0.2) is 26.1 Å². The number of benzene rings is 4. The Morgan fingerprint density at radius 1 is 0.857 bits per heavy atom. The quantitative estimate of drug-likeness (QED) is 0.309. The maximum absolute atomic E-state index is 13.2. The molecule has 35 heavy (non-hydrogen) atoms. The summed E-state index contributed by atoms with van der Waals surface area (Å²) in [6, 6.07) is 32.0. The van der Waals surface area contributed by atoms with Crippen molar-refractivity contribution in [3.63, 3.8) is 0 Å². The highest BCUT2D eigenvalue weighted by Gasteiger charge is 2.19. The molecule has 0 saturated heterocycles. The van der Waals surface area contributed by atoms with Crippen LogP contribution < -0.4 is 5.32 Å². The molecule has 0 unspecified atom stereocenters. The molecule has 7 heteroatoms. The van der Waals surface area contributed by atoms with Crippen LogP contribution in [0, 0.1) is 0 Å². The Labute approximate surface area is 207 Å². The van der Waals surface area contributed by atoms with Crippen molar-refractivity contribution in [2.75, 3.05) is 5.32 Å². The highest BCUT2D eigenvalue weighted by molar-refractivity contribution is 7.98. The van der Waals surface area contributed by atoms with Gasteiger partial charge in [-0.2, -0.15) is 4.68 Å². The normalized spacial score (nSPS) is 11.7. The summed E-state index contributed by atoms with van der Waals surface area (Å²) >= 11 is 1.54. The molecule has 6 rings (SSSR count). The first-order chi connectivity index (χ1) is 17.3. The second-order valence-corrected chi connectivity index (χ2v) is 9.30. The van der Waals surface area contributed by atoms with Gasteiger partial charge in [0.1, 0.15) is 0 Å². The minimum Gasteiger partial charge on any atom is -0.322 e. The van der Waals surface area contributed by atoms with E-state index in [1.165, 1.54) is 22.3 Å². The predicted octanol–water partition coefficient (Wildman–Crippen LogP) is 5.78. The Morgan fingerprint density at radius 3 is 2.54 bits per heavy atom. The van der Waals surface area contributed by atoms with Crippen LogP contribution in [0.5, 0.6) is 0 Å². The lowest BCUT2D eigenvalue weighted by molar-refractivity contribution is 0.102. The zero-order valence-electron chi connectivity index (χ0n) is 18.8. The fourth-order valence-corrected chi connectivity index (χ4v) is 5.36. The average Bonchev–Trinajstić information content (AvgIpc) is 3.52. The monoisotopic (exact) mass is 475 g/mol. The lowest BCUT2D eigenvalue weighted by Crippen LogP contribution is -2.13. The topological polar surface area (TPSA) is 72.7 Å². The molecule has 1 aliphatic carbocycles. The average molecular weight is 476 g/mol. The molecular weight excluding hydrogens is 454 g/mol. The molecule has 0 fully saturated rings. The molecule has 0 atom stereocenters. The standard InChI is InChI=1S/C28H21N5OS/c34-28(29-21-14-15-24-20(17-21)16-19-8-4-5-11-23(19)24)25-12-6-7-13-26(25)35-18-27-30-31-32-33(27)22-9-2-1-3-10-22/h1-15,17H,16,18H2,(H,29,34). The fraction of sp³-hybridized carbons (Fsp3) is 0.0714. The molecule has 170 valence electrons. The summed E-state index contributed by atoms with van der Waals surface area (Å²) in [5.74, 6) is 1.12. The van der Waals surface area contributed by atoms with Crippen LogP contribution in [0.4, 0.5) is 5.69 Å². The summed E-state index contributed by atoms with van der Waals surface area (Å²) in [6.07, 6.45) is 0.887. The number of tetrazole rings is 1. The third-order valence-electron chi connectivity index (χ3n) is 6.07. The van der Waals surface area contributed by atoms with Crippen molar-refractivity contribution >= 4 is 23.4 Å². The molecule has 1 N–H and O–H groups in total. The predicted molar refractivity (Wildman–Crippen MR) is 138 cm³/mol. The van der Waals surface area contributed by atoms with Gasteiger partial charge in [0.2, 0.25) is 0 Å². The van der Waals surface area contributed by atoms with Gasteiger partial charge in [0.25, 0.3) is 5.91 Å². The van der Waals surface area contributed by atoms with Gasteiger partial charge in [-0.1, -0.05) is 60.7 Å². The van der Waals surface area contributed by atoms with Crippen molar-refractivity contribution in [2.24, 2.45) is 0 Å². The van der Waals surface area contributed by atoms with E-state index < -0.39 is 0 Å². The number of carbonyl (C=O) groups excluding carboxylic acids is 1. The summed E-state index contributed by atoms with van der Waals surface area (Å²) in [5.41, 5.74) is 7.41. The van der Waals surface area contributed by atoms with Gasteiger partial charge in [0, 0.05) is 10.6 Å². The van der Waals surface area contributed by atoms with E-state index in [1.54, 1.807) is 16.4 Å². The number of aromatic nitrogens is 4. The van der Waals surface area contributed by atoms with E-state index in [-0.39, 0.29) is 5.91 Å². The molecule has 0 radical (unpaired) electrons. The van der Waals surface area contributed by atoms with Crippen LogP contribution in [0.25, 0.3) is 16.8 Å². The van der Waals surface area contributed by atoms with E-state index >= 15 is 0 Å². The molecular formula is C28H21N5OS. The van der Waals surface area contributed by atoms with E-state index in [4.69, 9.17) is 0 Å². The van der Waals surface area contributed by atoms with Crippen LogP contribution in [0.15, 0.2) is 102 Å². The molecule has 1 aliphatic rings. The van der Waals surface area contributed by atoms with E-state index in [0.29, 0.717) is 11.3 Å². The zero-order chi connectivity index (χ0) is 23.6. The lowest BCUT2D eigenvalue weighted by atomic mass is 10.1. The van der Waals surface area contributed by atoms with Crippen LogP contribution in [0.2, 0.25) is 0 Å². The van der Waals surface area contributed by atoms with Gasteiger partial charge >= 0.3 is 0 Å². The number of para-hydroxylation sites is 1. The molecule has 4 aromatic carbocycles. The minimum atomic E-state index is -0.133. The maximum atomic E-state index is 13.2. The number of hydrogen-bond acceptors (Lipinski definition) is 5. The maximum Gasteiger partial charge on any atom is 0.256 e. The fourth-order valence-electron chi connectivity index (χ4n) is 4.41. The molecule has 0 spiro atoms. The molecule has 0 bridgehead atoms. The number of carbonyl (C=O) groups is 1. The second kappa shape index (κ2) is 9.19. The van der Waals surface area contributed by atoms with Gasteiger partial charge in [0.15, 0.2) is 5.82 Å². The highest BCUT2D eigenvalue weighted by Crippen LogP contribution is 2.37.